The van der Waals surface area contributed by atoms with Gasteiger partial charge in [-0.05, 0) is 66.5 Å². The van der Waals surface area contributed by atoms with Crippen LogP contribution >= 0.6 is 0 Å². The van der Waals surface area contributed by atoms with Crippen molar-refractivity contribution >= 4 is 38.5 Å². The molecule has 6 heteroatoms. The van der Waals surface area contributed by atoms with E-state index in [2.05, 4.69) is 37.2 Å². The zero-order valence-corrected chi connectivity index (χ0v) is 18.8. The third kappa shape index (κ3) is 3.46. The molecule has 0 saturated heterocycles. The number of benzene rings is 3. The van der Waals surface area contributed by atoms with E-state index in [1.54, 1.807) is 14.2 Å². The van der Waals surface area contributed by atoms with Gasteiger partial charge < -0.3 is 23.8 Å². The van der Waals surface area contributed by atoms with Gasteiger partial charge in [0, 0.05) is 29.6 Å². The Hall–Kier alpha value is -3.51. The minimum Gasteiger partial charge on any atom is -0.493 e. The van der Waals surface area contributed by atoms with E-state index >= 15 is 0 Å². The molecule has 1 aliphatic rings. The fraction of sp³-hybridized carbons (Fsp3) is 0.269. The van der Waals surface area contributed by atoms with Crippen molar-refractivity contribution < 1.29 is 18.9 Å². The molecule has 4 aromatic rings. The van der Waals surface area contributed by atoms with Crippen molar-refractivity contribution in [1.82, 2.24) is 9.88 Å². The lowest BCUT2D eigenvalue weighted by Gasteiger charge is -2.14. The number of hydrogen-bond acceptors (Lipinski definition) is 6. The molecular weight excluding hydrogens is 404 g/mol. The Morgan fingerprint density at radius 3 is 2.28 bits per heavy atom. The smallest absolute Gasteiger partial charge is 0.231 e. The van der Waals surface area contributed by atoms with Crippen LogP contribution in [0.2, 0.25) is 0 Å². The fourth-order valence-electron chi connectivity index (χ4n) is 4.23. The van der Waals surface area contributed by atoms with Crippen LogP contribution in [0, 0.1) is 0 Å². The van der Waals surface area contributed by atoms with Gasteiger partial charge in [0.15, 0.2) is 23.0 Å². The van der Waals surface area contributed by atoms with Crippen LogP contribution in [-0.2, 0) is 0 Å². The second-order valence-electron chi connectivity index (χ2n) is 8.15. The highest BCUT2D eigenvalue weighted by atomic mass is 16.7. The second-order valence-corrected chi connectivity index (χ2v) is 8.15. The van der Waals surface area contributed by atoms with E-state index in [9.17, 15) is 0 Å². The molecule has 0 spiro atoms. The minimum absolute atomic E-state index is 0.239. The fourth-order valence-corrected chi connectivity index (χ4v) is 4.23. The molecule has 3 aromatic carbocycles. The highest BCUT2D eigenvalue weighted by Crippen LogP contribution is 2.42. The van der Waals surface area contributed by atoms with Crippen LogP contribution in [-0.4, -0.2) is 51.5 Å². The van der Waals surface area contributed by atoms with Crippen LogP contribution in [0.25, 0.3) is 38.5 Å². The second kappa shape index (κ2) is 8.20. The summed E-state index contributed by atoms with van der Waals surface area (Å²) in [5, 5.41) is 5.36. The van der Waals surface area contributed by atoms with Crippen molar-refractivity contribution in [2.75, 3.05) is 41.7 Å². The molecule has 164 valence electrons. The monoisotopic (exact) mass is 430 g/mol. The molecule has 0 N–H and O–H groups in total. The molecule has 5 rings (SSSR count). The zero-order chi connectivity index (χ0) is 22.2. The lowest BCUT2D eigenvalue weighted by atomic mass is 9.95. The highest BCUT2D eigenvalue weighted by Gasteiger charge is 2.18. The van der Waals surface area contributed by atoms with E-state index in [-0.39, 0.29) is 6.79 Å². The van der Waals surface area contributed by atoms with Gasteiger partial charge in [-0.3, -0.25) is 4.98 Å². The van der Waals surface area contributed by atoms with Gasteiger partial charge in [-0.1, -0.05) is 12.2 Å². The first kappa shape index (κ1) is 20.4. The Morgan fingerprint density at radius 2 is 1.56 bits per heavy atom. The number of methoxy groups -OCH3 is 2. The average Bonchev–Trinajstić information content (AvgIpc) is 3.26. The molecule has 6 nitrogen and oxygen atoms in total. The normalized spacial score (nSPS) is 13.2. The highest BCUT2D eigenvalue weighted by molar-refractivity contribution is 6.19. The number of hydrogen-bond donors (Lipinski definition) is 0. The standard InChI is InChI=1S/C26H26N2O4/c1-28(2)8-6-5-7-16-9-18-20-12-25-26(32-15-31-25)13-22(20)27-14-21(18)19-11-24(30-4)23(29-3)10-17(16)19/h5,7,9-14H,6,8,15H2,1-4H3/b7-5+. The largest absolute Gasteiger partial charge is 0.493 e. The molecule has 1 aliphatic heterocycles. The van der Waals surface area contributed by atoms with Gasteiger partial charge in [0.05, 0.1) is 19.7 Å². The predicted octanol–water partition coefficient (Wildman–Crippen LogP) is 5.25. The summed E-state index contributed by atoms with van der Waals surface area (Å²) in [6.45, 7) is 1.23. The molecule has 32 heavy (non-hydrogen) atoms. The van der Waals surface area contributed by atoms with Crippen molar-refractivity contribution in [3.8, 4) is 23.0 Å². The lowest BCUT2D eigenvalue weighted by molar-refractivity contribution is 0.174. The molecule has 0 unspecified atom stereocenters. The number of rotatable bonds is 6. The van der Waals surface area contributed by atoms with E-state index in [0.717, 1.165) is 62.5 Å². The first-order valence-electron chi connectivity index (χ1n) is 10.6. The van der Waals surface area contributed by atoms with E-state index in [1.807, 2.05) is 30.5 Å². The lowest BCUT2D eigenvalue weighted by Crippen LogP contribution is -2.11. The molecule has 1 aromatic heterocycles. The van der Waals surface area contributed by atoms with Gasteiger partial charge in [-0.2, -0.15) is 0 Å². The molecular formula is C26H26N2O4. The summed E-state index contributed by atoms with van der Waals surface area (Å²) in [7, 11) is 7.49. The topological polar surface area (TPSA) is 53.1 Å². The van der Waals surface area contributed by atoms with Crippen molar-refractivity contribution in [3.05, 3.63) is 48.2 Å². The quantitative estimate of drug-likeness (QED) is 0.389. The third-order valence-corrected chi connectivity index (χ3v) is 5.87. The molecule has 0 fully saturated rings. The van der Waals surface area contributed by atoms with E-state index in [0.29, 0.717) is 11.5 Å². The Morgan fingerprint density at radius 1 is 0.875 bits per heavy atom. The number of aromatic nitrogens is 1. The van der Waals surface area contributed by atoms with Crippen LogP contribution in [0.15, 0.2) is 42.6 Å². The van der Waals surface area contributed by atoms with Crippen molar-refractivity contribution in [2.24, 2.45) is 0 Å². The predicted molar refractivity (Wildman–Crippen MR) is 128 cm³/mol. The molecule has 0 radical (unpaired) electrons. The first-order valence-corrected chi connectivity index (χ1v) is 10.6. The number of pyridine rings is 1. The summed E-state index contributed by atoms with van der Waals surface area (Å²) in [4.78, 5) is 6.91. The van der Waals surface area contributed by atoms with Crippen LogP contribution in [0.3, 0.4) is 0 Å². The summed E-state index contributed by atoms with van der Waals surface area (Å²) in [5.74, 6) is 2.89. The molecule has 0 aliphatic carbocycles. The average molecular weight is 431 g/mol. The Balaban J connectivity index is 1.80. The number of fused-ring (bicyclic) bond motifs is 6. The van der Waals surface area contributed by atoms with Gasteiger partial charge in [0.25, 0.3) is 0 Å². The van der Waals surface area contributed by atoms with Crippen LogP contribution in [0.5, 0.6) is 23.0 Å². The SMILES string of the molecule is COc1cc2c(/C=C/CCN(C)C)cc3c4cc5c(cc4ncc3c2cc1OC)OCO5. The van der Waals surface area contributed by atoms with Gasteiger partial charge in [-0.25, -0.2) is 0 Å². The van der Waals surface area contributed by atoms with Crippen molar-refractivity contribution in [1.29, 1.82) is 0 Å². The van der Waals surface area contributed by atoms with Crippen molar-refractivity contribution in [2.45, 2.75) is 6.42 Å². The summed E-state index contributed by atoms with van der Waals surface area (Å²) in [6, 6.07) is 10.3. The Bertz CT molecular complexity index is 1360. The summed E-state index contributed by atoms with van der Waals surface area (Å²) < 4.78 is 22.4. The summed E-state index contributed by atoms with van der Waals surface area (Å²) in [5.41, 5.74) is 2.00. The Labute approximate surface area is 186 Å². The third-order valence-electron chi connectivity index (χ3n) is 5.87. The van der Waals surface area contributed by atoms with Crippen molar-refractivity contribution in [3.63, 3.8) is 0 Å². The summed E-state index contributed by atoms with van der Waals surface area (Å²) in [6.07, 6.45) is 7.30. The maximum atomic E-state index is 5.64. The van der Waals surface area contributed by atoms with Gasteiger partial charge in [-0.15, -0.1) is 0 Å². The maximum Gasteiger partial charge on any atom is 0.231 e. The molecule has 0 atom stereocenters. The van der Waals surface area contributed by atoms with Gasteiger partial charge >= 0.3 is 0 Å². The van der Waals surface area contributed by atoms with Crippen LogP contribution < -0.4 is 18.9 Å². The number of ether oxygens (including phenoxy) is 4. The van der Waals surface area contributed by atoms with E-state index in [1.165, 1.54) is 0 Å². The molecule has 2 heterocycles. The first-order chi connectivity index (χ1) is 15.6. The van der Waals surface area contributed by atoms with E-state index < -0.39 is 0 Å². The van der Waals surface area contributed by atoms with Crippen LogP contribution in [0.1, 0.15) is 12.0 Å². The summed E-state index contributed by atoms with van der Waals surface area (Å²) >= 11 is 0. The minimum atomic E-state index is 0.239. The van der Waals surface area contributed by atoms with Gasteiger partial charge in [0.1, 0.15) is 0 Å². The molecule has 0 bridgehead atoms. The maximum absolute atomic E-state index is 5.64. The van der Waals surface area contributed by atoms with Gasteiger partial charge in [0.2, 0.25) is 6.79 Å². The molecule has 0 saturated carbocycles. The van der Waals surface area contributed by atoms with E-state index in [4.69, 9.17) is 23.9 Å². The zero-order valence-electron chi connectivity index (χ0n) is 18.8. The van der Waals surface area contributed by atoms with Crippen LogP contribution in [0.4, 0.5) is 0 Å². The Kier molecular flexibility index (Phi) is 5.23. The number of nitrogens with zero attached hydrogens (tertiary/aromatic N) is 2. The molecule has 0 amide bonds.